The molecule has 0 atom stereocenters. The fourth-order valence-corrected chi connectivity index (χ4v) is 3.36. The third-order valence-corrected chi connectivity index (χ3v) is 4.90. The molecular weight excluding hydrogens is 415 g/mol. The van der Waals surface area contributed by atoms with Crippen LogP contribution in [0.3, 0.4) is 0 Å². The van der Waals surface area contributed by atoms with E-state index in [1.54, 1.807) is 5.38 Å². The Labute approximate surface area is 175 Å². The van der Waals surface area contributed by atoms with Crippen molar-refractivity contribution in [2.75, 3.05) is 10.6 Å². The predicted molar refractivity (Wildman–Crippen MR) is 111 cm³/mol. The zero-order valence-electron chi connectivity index (χ0n) is 16.3. The number of hydrogen-bond donors (Lipinski definition) is 2. The number of amides is 1. The number of nitrogens with zero attached hydrogens (tertiary/aromatic N) is 1. The highest BCUT2D eigenvalue weighted by atomic mass is 32.1. The number of nitrogens with one attached hydrogen (secondary N) is 2. The van der Waals surface area contributed by atoms with E-state index in [0.29, 0.717) is 22.4 Å². The van der Waals surface area contributed by atoms with Gasteiger partial charge in [0.2, 0.25) is 5.91 Å². The average Bonchev–Trinajstić information content (AvgIpc) is 3.09. The quantitative estimate of drug-likeness (QED) is 0.471. The molecule has 0 saturated carbocycles. The van der Waals surface area contributed by atoms with Crippen LogP contribution in [0.4, 0.5) is 29.7 Å². The van der Waals surface area contributed by atoms with E-state index in [9.17, 15) is 18.0 Å². The molecule has 0 unspecified atom stereocenters. The van der Waals surface area contributed by atoms with Crippen LogP contribution in [0.5, 0.6) is 5.75 Å². The lowest BCUT2D eigenvalue weighted by molar-refractivity contribution is -0.274. The SMILES string of the molecule is CC(C)c1ccc(NC(=O)Cc2csc(Nc3ccc(OC(F)(F)F)cc3)n2)cc1. The number of benzene rings is 2. The van der Waals surface area contributed by atoms with E-state index in [4.69, 9.17) is 0 Å². The van der Waals surface area contributed by atoms with Crippen LogP contribution in [-0.4, -0.2) is 17.3 Å². The molecule has 0 aliphatic rings. The summed E-state index contributed by atoms with van der Waals surface area (Å²) in [6.07, 6.45) is -4.61. The first-order valence-corrected chi connectivity index (χ1v) is 10.0. The van der Waals surface area contributed by atoms with E-state index in [2.05, 4.69) is 34.2 Å². The lowest BCUT2D eigenvalue weighted by Crippen LogP contribution is -2.16. The van der Waals surface area contributed by atoms with Crippen molar-refractivity contribution in [3.8, 4) is 5.75 Å². The molecule has 1 aromatic heterocycles. The van der Waals surface area contributed by atoms with Gasteiger partial charge >= 0.3 is 6.36 Å². The second-order valence-corrected chi connectivity index (χ2v) is 7.70. The van der Waals surface area contributed by atoms with Gasteiger partial charge in [0.15, 0.2) is 5.13 Å². The van der Waals surface area contributed by atoms with E-state index in [1.807, 2.05) is 24.3 Å². The fraction of sp³-hybridized carbons (Fsp3) is 0.238. The highest BCUT2D eigenvalue weighted by Crippen LogP contribution is 2.26. The van der Waals surface area contributed by atoms with Gasteiger partial charge in [-0.15, -0.1) is 24.5 Å². The molecule has 5 nitrogen and oxygen atoms in total. The maximum Gasteiger partial charge on any atom is 0.573 e. The van der Waals surface area contributed by atoms with Gasteiger partial charge in [0, 0.05) is 16.8 Å². The lowest BCUT2D eigenvalue weighted by atomic mass is 10.0. The molecule has 0 radical (unpaired) electrons. The van der Waals surface area contributed by atoms with Crippen molar-refractivity contribution in [2.24, 2.45) is 0 Å². The molecular formula is C21H20F3N3O2S. The van der Waals surface area contributed by atoms with Gasteiger partial charge in [-0.05, 0) is 47.9 Å². The number of hydrogen-bond acceptors (Lipinski definition) is 5. The summed E-state index contributed by atoms with van der Waals surface area (Å²) < 4.78 is 40.4. The van der Waals surface area contributed by atoms with E-state index in [1.165, 1.54) is 41.2 Å². The Kier molecular flexibility index (Phi) is 6.61. The molecule has 0 saturated heterocycles. The molecule has 2 aromatic carbocycles. The van der Waals surface area contributed by atoms with Crippen molar-refractivity contribution in [3.05, 3.63) is 65.2 Å². The molecule has 1 heterocycles. The van der Waals surface area contributed by atoms with E-state index in [-0.39, 0.29) is 18.1 Å². The van der Waals surface area contributed by atoms with Crippen molar-refractivity contribution in [1.29, 1.82) is 0 Å². The van der Waals surface area contributed by atoms with Gasteiger partial charge in [-0.1, -0.05) is 26.0 Å². The monoisotopic (exact) mass is 435 g/mol. The molecule has 0 fully saturated rings. The number of alkyl halides is 3. The van der Waals surface area contributed by atoms with Crippen LogP contribution >= 0.6 is 11.3 Å². The Balaban J connectivity index is 1.53. The zero-order valence-corrected chi connectivity index (χ0v) is 17.1. The summed E-state index contributed by atoms with van der Waals surface area (Å²) in [5, 5.41) is 8.12. The van der Waals surface area contributed by atoms with Crippen LogP contribution in [0, 0.1) is 0 Å². The Hall–Kier alpha value is -3.07. The minimum Gasteiger partial charge on any atom is -0.406 e. The van der Waals surface area contributed by atoms with Crippen molar-refractivity contribution in [3.63, 3.8) is 0 Å². The van der Waals surface area contributed by atoms with Crippen LogP contribution in [0.15, 0.2) is 53.9 Å². The second kappa shape index (κ2) is 9.17. The van der Waals surface area contributed by atoms with E-state index < -0.39 is 6.36 Å². The van der Waals surface area contributed by atoms with Crippen molar-refractivity contribution >= 4 is 33.8 Å². The van der Waals surface area contributed by atoms with Crippen molar-refractivity contribution in [1.82, 2.24) is 4.98 Å². The number of halogens is 3. The number of thiazole rings is 1. The lowest BCUT2D eigenvalue weighted by Gasteiger charge is -2.09. The summed E-state index contributed by atoms with van der Waals surface area (Å²) in [4.78, 5) is 16.6. The Morgan fingerprint density at radius 2 is 1.70 bits per heavy atom. The molecule has 9 heteroatoms. The molecule has 2 N–H and O–H groups in total. The first kappa shape index (κ1) is 21.6. The topological polar surface area (TPSA) is 63.2 Å². The maximum absolute atomic E-state index is 12.2. The molecule has 3 rings (SSSR count). The normalized spacial score (nSPS) is 11.4. The first-order chi connectivity index (χ1) is 14.2. The van der Waals surface area contributed by atoms with Gasteiger partial charge in [-0.25, -0.2) is 4.98 Å². The highest BCUT2D eigenvalue weighted by Gasteiger charge is 2.30. The molecule has 0 bridgehead atoms. The number of carbonyl (C=O) groups excluding carboxylic acids is 1. The van der Waals surface area contributed by atoms with E-state index in [0.717, 1.165) is 5.69 Å². The average molecular weight is 435 g/mol. The van der Waals surface area contributed by atoms with Crippen LogP contribution in [-0.2, 0) is 11.2 Å². The van der Waals surface area contributed by atoms with Gasteiger partial charge < -0.3 is 15.4 Å². The van der Waals surface area contributed by atoms with Gasteiger partial charge in [0.25, 0.3) is 0 Å². The largest absolute Gasteiger partial charge is 0.573 e. The third kappa shape index (κ3) is 6.48. The smallest absolute Gasteiger partial charge is 0.406 e. The van der Waals surface area contributed by atoms with Crippen LogP contribution in [0.1, 0.15) is 31.0 Å². The Bertz CT molecular complexity index is 984. The molecule has 3 aromatic rings. The summed E-state index contributed by atoms with van der Waals surface area (Å²) in [6, 6.07) is 13.0. The maximum atomic E-state index is 12.2. The summed E-state index contributed by atoms with van der Waals surface area (Å²) in [6.45, 7) is 4.21. The van der Waals surface area contributed by atoms with Gasteiger partial charge in [-0.2, -0.15) is 0 Å². The third-order valence-electron chi connectivity index (χ3n) is 4.09. The highest BCUT2D eigenvalue weighted by molar-refractivity contribution is 7.13. The standard InChI is InChI=1S/C21H20F3N3O2S/c1-13(2)14-3-5-15(6-4-14)25-19(28)11-17-12-30-20(27-17)26-16-7-9-18(10-8-16)29-21(22,23)24/h3-10,12-13H,11H2,1-2H3,(H,25,28)(H,26,27). The zero-order chi connectivity index (χ0) is 21.7. The van der Waals surface area contributed by atoms with Gasteiger partial charge in [0.1, 0.15) is 5.75 Å². The van der Waals surface area contributed by atoms with Crippen molar-refractivity contribution < 1.29 is 22.7 Å². The summed E-state index contributed by atoms with van der Waals surface area (Å²) in [7, 11) is 0. The predicted octanol–water partition coefficient (Wildman–Crippen LogP) is 6.09. The summed E-state index contributed by atoms with van der Waals surface area (Å²) in [5.74, 6) is -0.0622. The van der Waals surface area contributed by atoms with Crippen LogP contribution in [0.25, 0.3) is 0 Å². The summed E-state index contributed by atoms with van der Waals surface area (Å²) >= 11 is 1.30. The first-order valence-electron chi connectivity index (χ1n) is 9.15. The molecule has 0 spiro atoms. The minimum atomic E-state index is -4.73. The number of anilines is 3. The number of rotatable bonds is 7. The number of carbonyl (C=O) groups is 1. The Morgan fingerprint density at radius 1 is 1.07 bits per heavy atom. The molecule has 158 valence electrons. The van der Waals surface area contributed by atoms with E-state index >= 15 is 0 Å². The van der Waals surface area contributed by atoms with Crippen molar-refractivity contribution in [2.45, 2.75) is 32.5 Å². The number of ether oxygens (including phenoxy) is 1. The fourth-order valence-electron chi connectivity index (χ4n) is 2.63. The minimum absolute atomic E-state index is 0.114. The summed E-state index contributed by atoms with van der Waals surface area (Å²) in [5.41, 5.74) is 3.07. The van der Waals surface area contributed by atoms with Gasteiger partial charge in [-0.3, -0.25) is 4.79 Å². The molecule has 0 aliphatic carbocycles. The number of aromatic nitrogens is 1. The molecule has 30 heavy (non-hydrogen) atoms. The van der Waals surface area contributed by atoms with Gasteiger partial charge in [0.05, 0.1) is 12.1 Å². The molecule has 1 amide bonds. The van der Waals surface area contributed by atoms with Crippen LogP contribution < -0.4 is 15.4 Å². The second-order valence-electron chi connectivity index (χ2n) is 6.84. The Morgan fingerprint density at radius 3 is 2.30 bits per heavy atom. The molecule has 0 aliphatic heterocycles. The van der Waals surface area contributed by atoms with Crippen LogP contribution in [0.2, 0.25) is 0 Å².